The topological polar surface area (TPSA) is 146 Å². The molecule has 0 aliphatic carbocycles. The summed E-state index contributed by atoms with van der Waals surface area (Å²) in [6.07, 6.45) is 6.38. The first kappa shape index (κ1) is 32.6. The number of hydrogen-bond acceptors (Lipinski definition) is 10. The molecule has 6 heterocycles. The van der Waals surface area contributed by atoms with Gasteiger partial charge in [-0.15, -0.1) is 0 Å². The van der Waals surface area contributed by atoms with Crippen LogP contribution in [0.15, 0.2) is 110 Å². The minimum Gasteiger partial charge on any atom is -0.503 e. The molecule has 0 bridgehead atoms. The van der Waals surface area contributed by atoms with E-state index in [1.165, 1.54) is 0 Å². The lowest BCUT2D eigenvalue weighted by Gasteiger charge is -2.18. The molecule has 54 heavy (non-hydrogen) atoms. The van der Waals surface area contributed by atoms with Crippen molar-refractivity contribution in [2.75, 3.05) is 0 Å². The smallest absolute Gasteiger partial charge is 0.503 e. The molecule has 258 valence electrons. The monoisotopic (exact) mass is 706 g/mol. The van der Waals surface area contributed by atoms with E-state index >= 15 is 0 Å². The quantitative estimate of drug-likeness (QED) is 0.212. The van der Waals surface area contributed by atoms with Crippen LogP contribution in [-0.2, 0) is 0 Å². The molecule has 3 aromatic carbocycles. The van der Waals surface area contributed by atoms with Crippen LogP contribution in [0.1, 0.15) is 42.7 Å². The molecule has 0 atom stereocenters. The molecule has 7 aromatic rings. The Labute approximate surface area is 310 Å². The zero-order valence-corrected chi connectivity index (χ0v) is 29.3. The Balaban J connectivity index is 1.57. The van der Waals surface area contributed by atoms with Gasteiger partial charge in [0, 0.05) is 46.8 Å². The third-order valence-corrected chi connectivity index (χ3v) is 9.45. The second-order valence-electron chi connectivity index (χ2n) is 13.0. The minimum atomic E-state index is -1.07. The summed E-state index contributed by atoms with van der Waals surface area (Å²) in [6.45, 7) is 6.09. The number of nitriles is 2. The van der Waals surface area contributed by atoms with Crippen LogP contribution >= 0.6 is 0 Å². The van der Waals surface area contributed by atoms with Gasteiger partial charge in [0.05, 0.1) is 16.4 Å². The molecule has 2 aliphatic rings. The molecule has 0 amide bonds. The van der Waals surface area contributed by atoms with Crippen molar-refractivity contribution in [1.82, 2.24) is 28.9 Å². The molecule has 0 N–H and O–H groups in total. The molecule has 0 saturated carbocycles. The maximum Gasteiger partial charge on any atom is 0.743 e. The van der Waals surface area contributed by atoms with Gasteiger partial charge in [0.25, 0.3) is 0 Å². The van der Waals surface area contributed by atoms with Crippen LogP contribution in [0.2, 0.25) is 0 Å². The van der Waals surface area contributed by atoms with Crippen LogP contribution in [0.4, 0.5) is 0 Å². The van der Waals surface area contributed by atoms with Crippen molar-refractivity contribution >= 4 is 36.4 Å². The lowest BCUT2D eigenvalue weighted by atomic mass is 9.99. The van der Waals surface area contributed by atoms with E-state index in [0.29, 0.717) is 55.9 Å². The van der Waals surface area contributed by atoms with Crippen LogP contribution in [0.25, 0.3) is 33.2 Å². The predicted octanol–water partition coefficient (Wildman–Crippen LogP) is 5.18. The fraction of sp³-hybridized carbons (Fsp3) is 0.100. The maximum atomic E-state index is 11.1. The predicted molar refractivity (Wildman–Crippen MR) is 201 cm³/mol. The molecule has 0 fully saturated rings. The summed E-state index contributed by atoms with van der Waals surface area (Å²) >= 11 is 0. The Morgan fingerprint density at radius 1 is 0.593 bits per heavy atom. The number of hydrogen-bond donors (Lipinski definition) is 0. The molecule has 0 radical (unpaired) electrons. The SMILES string of the molecule is Cc1ccccc1-c1c2/c(=C(\C#N)c3ncccn3)n(B3Oc4ccccc4O3)c(C(C)C)c2/c(=C(\C#N)c2ncccn2)n1B1Oc2ccccc2O1. The summed E-state index contributed by atoms with van der Waals surface area (Å²) in [6, 6.07) is 31.0. The standard InChI is InChI=1S/C40H28B2N8O4/c1-24(2)35-33-34(38(28(23-44)40-47-20-11-21-48-40)49(35)41-51-29-14-6-7-15-30(29)52-41)36(26-13-5-4-12-25(26)3)50(42-53-31-16-8-9-17-32(31)54-42)37(33)27(22-43)39-45-18-10-19-46-39/h4-21,24H,1-3H3/b37-27-,38-28-. The van der Waals surface area contributed by atoms with Crippen molar-refractivity contribution in [1.29, 1.82) is 10.5 Å². The minimum absolute atomic E-state index is 0.167. The Morgan fingerprint density at radius 3 is 1.46 bits per heavy atom. The zero-order chi connectivity index (χ0) is 36.9. The van der Waals surface area contributed by atoms with Gasteiger partial charge in [-0.05, 0) is 54.8 Å². The van der Waals surface area contributed by atoms with Gasteiger partial charge >= 0.3 is 14.5 Å². The summed E-state index contributed by atoms with van der Waals surface area (Å²) in [5.74, 6) is 2.35. The lowest BCUT2D eigenvalue weighted by Crippen LogP contribution is -2.45. The van der Waals surface area contributed by atoms with E-state index in [1.807, 2.05) is 103 Å². The average Bonchev–Trinajstić information content (AvgIpc) is 3.97. The first-order chi connectivity index (χ1) is 26.5. The first-order valence-corrected chi connectivity index (χ1v) is 17.3. The van der Waals surface area contributed by atoms with Crippen molar-refractivity contribution in [2.45, 2.75) is 26.7 Å². The Kier molecular flexibility index (Phi) is 7.86. The fourth-order valence-corrected chi connectivity index (χ4v) is 7.28. The summed E-state index contributed by atoms with van der Waals surface area (Å²) < 4.78 is 30.0. The second-order valence-corrected chi connectivity index (χ2v) is 13.0. The van der Waals surface area contributed by atoms with Crippen molar-refractivity contribution in [2.24, 2.45) is 0 Å². The molecule has 14 heteroatoms. The molecule has 0 spiro atoms. The van der Waals surface area contributed by atoms with Gasteiger partial charge in [0.15, 0.2) is 11.6 Å². The average molecular weight is 706 g/mol. The maximum absolute atomic E-state index is 11.1. The molecule has 9 rings (SSSR count). The van der Waals surface area contributed by atoms with Crippen LogP contribution < -0.4 is 29.3 Å². The van der Waals surface area contributed by atoms with E-state index in [0.717, 1.165) is 11.1 Å². The largest absolute Gasteiger partial charge is 0.743 e. The van der Waals surface area contributed by atoms with Gasteiger partial charge < -0.3 is 27.6 Å². The van der Waals surface area contributed by atoms with Crippen molar-refractivity contribution in [3.63, 3.8) is 0 Å². The summed E-state index contributed by atoms with van der Waals surface area (Å²) in [4.78, 5) is 18.2. The number of benzene rings is 3. The molecule has 12 nitrogen and oxygen atoms in total. The molecular formula is C40H28B2N8O4. The number of aromatic nitrogens is 6. The lowest BCUT2D eigenvalue weighted by molar-refractivity contribution is 0.473. The van der Waals surface area contributed by atoms with Crippen molar-refractivity contribution < 1.29 is 18.6 Å². The third-order valence-electron chi connectivity index (χ3n) is 9.45. The van der Waals surface area contributed by atoms with Crippen LogP contribution in [0.3, 0.4) is 0 Å². The highest BCUT2D eigenvalue weighted by molar-refractivity contribution is 6.48. The molecule has 4 aromatic heterocycles. The Hall–Kier alpha value is -7.31. The summed E-state index contributed by atoms with van der Waals surface area (Å²) in [5, 5.41) is 24.4. The van der Waals surface area contributed by atoms with E-state index < -0.39 is 14.5 Å². The normalized spacial score (nSPS) is 14.0. The van der Waals surface area contributed by atoms with E-state index in [9.17, 15) is 10.5 Å². The van der Waals surface area contributed by atoms with Crippen LogP contribution in [0.5, 0.6) is 23.0 Å². The molecule has 2 aliphatic heterocycles. The first-order valence-electron chi connectivity index (χ1n) is 17.3. The van der Waals surface area contributed by atoms with Gasteiger partial charge in [-0.3, -0.25) is 0 Å². The molecule has 0 saturated heterocycles. The molecule has 0 unspecified atom stereocenters. The number of aryl methyl sites for hydroxylation is 1. The van der Waals surface area contributed by atoms with E-state index in [4.69, 9.17) is 18.6 Å². The van der Waals surface area contributed by atoms with Gasteiger partial charge in [-0.25, -0.2) is 19.9 Å². The number of nitrogens with zero attached hydrogens (tertiary/aromatic N) is 8. The third kappa shape index (κ3) is 5.07. The van der Waals surface area contributed by atoms with Crippen LogP contribution in [0, 0.1) is 29.6 Å². The van der Waals surface area contributed by atoms with E-state index in [-0.39, 0.29) is 28.7 Å². The highest BCUT2D eigenvalue weighted by atomic mass is 16.6. The van der Waals surface area contributed by atoms with Crippen LogP contribution in [-0.4, -0.2) is 43.4 Å². The Morgan fingerprint density at radius 2 is 1.02 bits per heavy atom. The van der Waals surface area contributed by atoms with Gasteiger partial charge in [-0.1, -0.05) is 62.4 Å². The van der Waals surface area contributed by atoms with Crippen molar-refractivity contribution in [3.8, 4) is 46.4 Å². The van der Waals surface area contributed by atoms with E-state index in [1.54, 1.807) is 36.9 Å². The van der Waals surface area contributed by atoms with Crippen molar-refractivity contribution in [3.05, 3.63) is 143 Å². The summed E-state index contributed by atoms with van der Waals surface area (Å²) in [7, 11) is -2.11. The zero-order valence-electron chi connectivity index (χ0n) is 29.3. The number of rotatable bonds is 6. The fourth-order valence-electron chi connectivity index (χ4n) is 7.28. The van der Waals surface area contributed by atoms with E-state index in [2.05, 4.69) is 32.1 Å². The van der Waals surface area contributed by atoms with Gasteiger partial charge in [0.2, 0.25) is 0 Å². The highest BCUT2D eigenvalue weighted by Gasteiger charge is 2.45. The summed E-state index contributed by atoms with van der Waals surface area (Å²) in [5.41, 5.74) is 3.40. The second kappa shape index (κ2) is 13.0. The molecular weight excluding hydrogens is 678 g/mol. The van der Waals surface area contributed by atoms with Gasteiger partial charge in [-0.2, -0.15) is 10.5 Å². The Bertz CT molecular complexity index is 2720. The highest BCUT2D eigenvalue weighted by Crippen LogP contribution is 2.40. The number of fused-ring (bicyclic) bond motifs is 3. The number of para-hydroxylation sites is 4. The van der Waals surface area contributed by atoms with Gasteiger partial charge in [0.1, 0.15) is 46.3 Å².